The number of nitrogens with two attached hydrogens (primary N) is 1. The SMILES string of the molecule is C#CCOc1cnc2c(Cc3cc(F)c(F)c([C@@]4(C)N=C(N)S[C@@]5(C#N)C[C@H]54)c3)ncnc2c1. The molecule has 5 rings (SSSR count). The van der Waals surface area contributed by atoms with Gasteiger partial charge in [0.15, 0.2) is 16.8 Å². The number of rotatable bonds is 5. The molecule has 1 aromatic carbocycles. The van der Waals surface area contributed by atoms with Crippen LogP contribution in [-0.2, 0) is 12.0 Å². The second kappa shape index (κ2) is 7.93. The molecule has 0 radical (unpaired) electrons. The zero-order valence-electron chi connectivity index (χ0n) is 18.0. The Balaban J connectivity index is 1.54. The van der Waals surface area contributed by atoms with Gasteiger partial charge in [-0.15, -0.1) is 6.42 Å². The first-order valence-electron chi connectivity index (χ1n) is 10.4. The monoisotopic (exact) mass is 476 g/mol. The molecule has 2 aromatic heterocycles. The maximum absolute atomic E-state index is 15.1. The quantitative estimate of drug-likeness (QED) is 0.562. The molecule has 0 amide bonds. The highest BCUT2D eigenvalue weighted by molar-refractivity contribution is 8.15. The number of fused-ring (bicyclic) bond motifs is 2. The molecular formula is C24H18F2N6OS. The van der Waals surface area contributed by atoms with Gasteiger partial charge in [-0.2, -0.15) is 5.26 Å². The predicted molar refractivity (Wildman–Crippen MR) is 124 cm³/mol. The van der Waals surface area contributed by atoms with Crippen LogP contribution in [0.25, 0.3) is 11.0 Å². The minimum absolute atomic E-state index is 0.0733. The summed E-state index contributed by atoms with van der Waals surface area (Å²) in [5.41, 5.74) is 6.97. The van der Waals surface area contributed by atoms with Gasteiger partial charge in [0.1, 0.15) is 28.9 Å². The number of ether oxygens (including phenoxy) is 1. The highest BCUT2D eigenvalue weighted by Crippen LogP contribution is 2.65. The molecule has 3 atom stereocenters. The summed E-state index contributed by atoms with van der Waals surface area (Å²) in [4.78, 5) is 17.4. The lowest BCUT2D eigenvalue weighted by atomic mass is 9.84. The number of pyridine rings is 1. The summed E-state index contributed by atoms with van der Waals surface area (Å²) in [6, 6.07) is 6.67. The number of terminal acetylenes is 1. The number of nitrogens with zero attached hydrogens (tertiary/aromatic N) is 5. The number of benzene rings is 1. The van der Waals surface area contributed by atoms with Crippen LogP contribution in [0.1, 0.15) is 30.2 Å². The number of amidine groups is 1. The van der Waals surface area contributed by atoms with E-state index in [0.29, 0.717) is 34.5 Å². The topological polar surface area (TPSA) is 110 Å². The fourth-order valence-electron chi connectivity index (χ4n) is 4.54. The summed E-state index contributed by atoms with van der Waals surface area (Å²) < 4.78 is 34.4. The smallest absolute Gasteiger partial charge is 0.164 e. The van der Waals surface area contributed by atoms with Gasteiger partial charge in [-0.05, 0) is 31.0 Å². The van der Waals surface area contributed by atoms with Crippen LogP contribution in [0, 0.1) is 41.2 Å². The molecule has 1 saturated carbocycles. The van der Waals surface area contributed by atoms with Crippen LogP contribution in [0.2, 0.25) is 0 Å². The van der Waals surface area contributed by atoms with Crippen molar-refractivity contribution in [2.24, 2.45) is 16.6 Å². The second-order valence-electron chi connectivity index (χ2n) is 8.43. The lowest BCUT2D eigenvalue weighted by Crippen LogP contribution is -2.35. The van der Waals surface area contributed by atoms with Crippen LogP contribution < -0.4 is 10.5 Å². The Morgan fingerprint density at radius 1 is 1.29 bits per heavy atom. The molecule has 2 N–H and O–H groups in total. The van der Waals surface area contributed by atoms with Crippen molar-refractivity contribution in [1.29, 1.82) is 5.26 Å². The Bertz CT molecular complexity index is 1450. The first kappa shape index (κ1) is 22.1. The lowest BCUT2D eigenvalue weighted by Gasteiger charge is -2.32. The van der Waals surface area contributed by atoms with Crippen molar-refractivity contribution in [1.82, 2.24) is 15.0 Å². The molecule has 0 saturated heterocycles. The summed E-state index contributed by atoms with van der Waals surface area (Å²) in [5, 5.41) is 9.83. The van der Waals surface area contributed by atoms with Gasteiger partial charge < -0.3 is 10.5 Å². The number of halogens is 2. The van der Waals surface area contributed by atoms with Crippen molar-refractivity contribution >= 4 is 28.0 Å². The molecule has 0 unspecified atom stereocenters. The number of hydrogen-bond donors (Lipinski definition) is 1. The predicted octanol–water partition coefficient (Wildman–Crippen LogP) is 3.46. The minimum atomic E-state index is -1.15. The van der Waals surface area contributed by atoms with Crippen LogP contribution in [0.15, 0.2) is 35.7 Å². The molecule has 7 nitrogen and oxygen atoms in total. The highest BCUT2D eigenvalue weighted by atomic mass is 32.2. The maximum atomic E-state index is 15.1. The van der Waals surface area contributed by atoms with E-state index in [2.05, 4.69) is 31.9 Å². The van der Waals surface area contributed by atoms with Gasteiger partial charge in [0.25, 0.3) is 0 Å². The molecule has 2 aliphatic rings. The van der Waals surface area contributed by atoms with Gasteiger partial charge in [0.2, 0.25) is 0 Å². The standard InChI is InChI=1S/C24H18F2N6OS/c1-3-4-33-14-8-18-21(29-10-14)17(30-12-31-18)7-13-5-15(20(26)16(25)6-13)23(2)19-9-24(19,11-27)34-22(28)32-23/h1,5-6,8,10,12,19H,4,7,9H2,2H3,(H2,28,32)/t19-,23+,24+/m0/s1. The third-order valence-corrected chi connectivity index (χ3v) is 7.47. The van der Waals surface area contributed by atoms with E-state index in [4.69, 9.17) is 16.9 Å². The average Bonchev–Trinajstić information content (AvgIpc) is 3.56. The summed E-state index contributed by atoms with van der Waals surface area (Å²) in [5.74, 6) is 0.590. The van der Waals surface area contributed by atoms with E-state index in [1.807, 2.05) is 0 Å². The molecule has 10 heteroatoms. The Kier molecular flexibility index (Phi) is 5.14. The molecule has 1 aliphatic heterocycles. The van der Waals surface area contributed by atoms with Crippen LogP contribution in [0.4, 0.5) is 8.78 Å². The number of aromatic nitrogens is 3. The first-order valence-corrected chi connectivity index (χ1v) is 11.2. The van der Waals surface area contributed by atoms with Gasteiger partial charge in [-0.1, -0.05) is 17.7 Å². The molecule has 34 heavy (non-hydrogen) atoms. The van der Waals surface area contributed by atoms with Crippen molar-refractivity contribution in [3.8, 4) is 24.2 Å². The number of thioether (sulfide) groups is 1. The van der Waals surface area contributed by atoms with Crippen LogP contribution >= 0.6 is 11.8 Å². The summed E-state index contributed by atoms with van der Waals surface area (Å²) in [7, 11) is 0. The Morgan fingerprint density at radius 3 is 2.88 bits per heavy atom. The summed E-state index contributed by atoms with van der Waals surface area (Å²) >= 11 is 1.19. The molecule has 3 heterocycles. The average molecular weight is 477 g/mol. The minimum Gasteiger partial charge on any atom is -0.479 e. The van der Waals surface area contributed by atoms with Crippen molar-refractivity contribution in [2.75, 3.05) is 6.61 Å². The fraction of sp³-hybridized carbons (Fsp3) is 0.292. The van der Waals surface area contributed by atoms with Crippen LogP contribution in [0.3, 0.4) is 0 Å². The van der Waals surface area contributed by atoms with E-state index in [1.54, 1.807) is 19.1 Å². The van der Waals surface area contributed by atoms with E-state index in [0.717, 1.165) is 6.07 Å². The molecule has 1 fully saturated rings. The molecule has 0 spiro atoms. The van der Waals surface area contributed by atoms with E-state index >= 15 is 4.39 Å². The molecule has 1 aliphatic carbocycles. The van der Waals surface area contributed by atoms with Gasteiger partial charge in [0.05, 0.1) is 29.0 Å². The van der Waals surface area contributed by atoms with E-state index in [-0.39, 0.29) is 29.7 Å². The largest absolute Gasteiger partial charge is 0.479 e. The van der Waals surface area contributed by atoms with Crippen molar-refractivity contribution in [2.45, 2.75) is 30.1 Å². The number of nitriles is 1. The molecule has 0 bridgehead atoms. The zero-order chi connectivity index (χ0) is 24.1. The Hall–Kier alpha value is -3.76. The number of aliphatic imine (C=N–C) groups is 1. The third-order valence-electron chi connectivity index (χ3n) is 6.26. The maximum Gasteiger partial charge on any atom is 0.164 e. The fourth-order valence-corrected chi connectivity index (χ4v) is 5.82. The Labute approximate surface area is 198 Å². The van der Waals surface area contributed by atoms with E-state index in [1.165, 1.54) is 24.3 Å². The third kappa shape index (κ3) is 3.51. The van der Waals surface area contributed by atoms with Crippen molar-refractivity contribution in [3.05, 3.63) is 59.2 Å². The zero-order valence-corrected chi connectivity index (χ0v) is 18.9. The molecule has 3 aromatic rings. The van der Waals surface area contributed by atoms with Gasteiger partial charge in [-0.3, -0.25) is 4.99 Å². The van der Waals surface area contributed by atoms with E-state index in [9.17, 15) is 9.65 Å². The molecular weight excluding hydrogens is 458 g/mol. The first-order chi connectivity index (χ1) is 16.3. The Morgan fingerprint density at radius 2 is 2.12 bits per heavy atom. The highest BCUT2D eigenvalue weighted by Gasteiger charge is 2.67. The van der Waals surface area contributed by atoms with Crippen LogP contribution in [-0.4, -0.2) is 31.5 Å². The summed E-state index contributed by atoms with van der Waals surface area (Å²) in [6.45, 7) is 1.80. The normalized spacial score (nSPS) is 25.1. The van der Waals surface area contributed by atoms with Gasteiger partial charge >= 0.3 is 0 Å². The van der Waals surface area contributed by atoms with Gasteiger partial charge in [0, 0.05) is 24.0 Å². The van der Waals surface area contributed by atoms with Crippen molar-refractivity contribution < 1.29 is 13.5 Å². The van der Waals surface area contributed by atoms with E-state index < -0.39 is 21.9 Å². The number of hydrogen-bond acceptors (Lipinski definition) is 8. The van der Waals surface area contributed by atoms with Gasteiger partial charge in [-0.25, -0.2) is 23.7 Å². The summed E-state index contributed by atoms with van der Waals surface area (Å²) in [6.07, 6.45) is 8.79. The van der Waals surface area contributed by atoms with Crippen molar-refractivity contribution in [3.63, 3.8) is 0 Å². The second-order valence-corrected chi connectivity index (χ2v) is 9.78. The lowest BCUT2D eigenvalue weighted by molar-refractivity contribution is 0.369. The van der Waals surface area contributed by atoms with Crippen LogP contribution in [0.5, 0.6) is 5.75 Å². The molecule has 170 valence electrons.